The average Bonchev–Trinajstić information content (AvgIpc) is 2.81. The Morgan fingerprint density at radius 3 is 2.25 bits per heavy atom. The lowest BCUT2D eigenvalue weighted by Crippen LogP contribution is -2.14. The first kappa shape index (κ1) is 17.5. The molecule has 0 fully saturated rings. The minimum absolute atomic E-state index is 0.0699. The molecule has 0 aliphatic heterocycles. The minimum atomic E-state index is -0.841. The van der Waals surface area contributed by atoms with E-state index in [1.54, 1.807) is 38.1 Å². The van der Waals surface area contributed by atoms with Crippen LogP contribution in [0.25, 0.3) is 0 Å². The highest BCUT2D eigenvalue weighted by Crippen LogP contribution is 2.20. The molecule has 1 aromatic heterocycles. The first-order valence-electron chi connectivity index (χ1n) is 7.61. The Morgan fingerprint density at radius 2 is 1.75 bits per heavy atom. The molecule has 126 valence electrons. The van der Waals surface area contributed by atoms with Gasteiger partial charge in [0.2, 0.25) is 0 Å². The van der Waals surface area contributed by atoms with E-state index in [0.717, 1.165) is 5.56 Å². The van der Waals surface area contributed by atoms with Crippen molar-refractivity contribution in [2.45, 2.75) is 33.6 Å². The van der Waals surface area contributed by atoms with Crippen molar-refractivity contribution in [2.24, 2.45) is 0 Å². The first-order chi connectivity index (χ1) is 11.3. The molecular weight excluding hydrogens is 308 g/mol. The zero-order chi connectivity index (χ0) is 17.9. The Labute approximate surface area is 139 Å². The quantitative estimate of drug-likeness (QED) is 0.709. The third-order valence-corrected chi connectivity index (χ3v) is 3.86. The molecule has 3 N–H and O–H groups in total. The number of aromatic amines is 1. The van der Waals surface area contributed by atoms with Crippen LogP contribution in [0, 0.1) is 13.8 Å². The van der Waals surface area contributed by atoms with Gasteiger partial charge in [-0.2, -0.15) is 0 Å². The van der Waals surface area contributed by atoms with Crippen molar-refractivity contribution in [1.29, 1.82) is 0 Å². The third-order valence-electron chi connectivity index (χ3n) is 3.86. The van der Waals surface area contributed by atoms with Gasteiger partial charge in [-0.05, 0) is 50.5 Å². The van der Waals surface area contributed by atoms with Crippen LogP contribution < -0.4 is 5.32 Å². The van der Waals surface area contributed by atoms with E-state index in [4.69, 9.17) is 5.11 Å². The average molecular weight is 328 g/mol. The number of rotatable bonds is 6. The lowest BCUT2D eigenvalue weighted by atomic mass is 10.1. The topological polar surface area (TPSA) is 99.3 Å². The molecule has 6 nitrogen and oxygen atoms in total. The zero-order valence-electron chi connectivity index (χ0n) is 13.9. The molecular formula is C18H20N2O4. The second-order valence-electron chi connectivity index (χ2n) is 5.73. The van der Waals surface area contributed by atoms with Gasteiger partial charge in [-0.3, -0.25) is 14.4 Å². The van der Waals surface area contributed by atoms with E-state index in [-0.39, 0.29) is 18.1 Å². The highest BCUT2D eigenvalue weighted by atomic mass is 16.4. The number of H-pyrrole nitrogens is 1. The standard InChI is InChI=1S/C18H20N2O4/c1-10-16(12(3)21)11(2)19-17(10)18(24)20-14-7-4-13(5-8-14)6-9-15(22)23/h4-5,7-8,19H,6,9H2,1-3H3,(H,20,24)(H,22,23). The number of hydrogen-bond donors (Lipinski definition) is 3. The van der Waals surface area contributed by atoms with E-state index in [0.29, 0.717) is 34.6 Å². The van der Waals surface area contributed by atoms with Crippen LogP contribution in [0.15, 0.2) is 24.3 Å². The molecule has 0 bridgehead atoms. The van der Waals surface area contributed by atoms with Crippen LogP contribution in [0.4, 0.5) is 5.69 Å². The molecule has 2 rings (SSSR count). The maximum Gasteiger partial charge on any atom is 0.303 e. The minimum Gasteiger partial charge on any atom is -0.481 e. The first-order valence-corrected chi connectivity index (χ1v) is 7.61. The largest absolute Gasteiger partial charge is 0.481 e. The van der Waals surface area contributed by atoms with Gasteiger partial charge in [0.05, 0.1) is 0 Å². The summed E-state index contributed by atoms with van der Waals surface area (Å²) < 4.78 is 0. The number of carboxylic acids is 1. The number of benzene rings is 1. The van der Waals surface area contributed by atoms with Crippen LogP contribution in [-0.4, -0.2) is 27.8 Å². The predicted octanol–water partition coefficient (Wildman–Crippen LogP) is 3.10. The number of carbonyl (C=O) groups excluding carboxylic acids is 2. The van der Waals surface area contributed by atoms with Crippen molar-refractivity contribution in [3.05, 3.63) is 52.3 Å². The number of nitrogens with one attached hydrogen (secondary N) is 2. The summed E-state index contributed by atoms with van der Waals surface area (Å²) in [5, 5.41) is 11.5. The predicted molar refractivity (Wildman–Crippen MR) is 90.6 cm³/mol. The summed E-state index contributed by atoms with van der Waals surface area (Å²) in [5.74, 6) is -1.24. The molecule has 1 amide bonds. The van der Waals surface area contributed by atoms with Gasteiger partial charge in [-0.15, -0.1) is 0 Å². The number of aryl methyl sites for hydroxylation is 2. The normalized spacial score (nSPS) is 10.5. The number of carbonyl (C=O) groups is 3. The number of carboxylic acid groups (broad SMARTS) is 1. The Bertz CT molecular complexity index is 788. The number of aromatic nitrogens is 1. The summed E-state index contributed by atoms with van der Waals surface area (Å²) in [6, 6.07) is 7.02. The lowest BCUT2D eigenvalue weighted by molar-refractivity contribution is -0.136. The fraction of sp³-hybridized carbons (Fsp3) is 0.278. The van der Waals surface area contributed by atoms with Crippen LogP contribution in [-0.2, 0) is 11.2 Å². The monoisotopic (exact) mass is 328 g/mol. The molecule has 0 unspecified atom stereocenters. The van der Waals surface area contributed by atoms with Crippen LogP contribution in [0.2, 0.25) is 0 Å². The van der Waals surface area contributed by atoms with Gasteiger partial charge in [-0.25, -0.2) is 0 Å². The van der Waals surface area contributed by atoms with E-state index in [1.165, 1.54) is 6.92 Å². The Balaban J connectivity index is 2.11. The van der Waals surface area contributed by atoms with Crippen molar-refractivity contribution in [1.82, 2.24) is 4.98 Å². The van der Waals surface area contributed by atoms with Crippen molar-refractivity contribution in [3.8, 4) is 0 Å². The summed E-state index contributed by atoms with van der Waals surface area (Å²) >= 11 is 0. The van der Waals surface area contributed by atoms with Crippen LogP contribution >= 0.6 is 0 Å². The number of aliphatic carboxylic acids is 1. The SMILES string of the molecule is CC(=O)c1c(C)[nH]c(C(=O)Nc2ccc(CCC(=O)O)cc2)c1C. The summed E-state index contributed by atoms with van der Waals surface area (Å²) in [4.78, 5) is 37.6. The number of Topliss-reactive ketones (excluding diaryl/α,β-unsaturated/α-hetero) is 1. The fourth-order valence-electron chi connectivity index (χ4n) is 2.70. The number of amides is 1. The van der Waals surface area contributed by atoms with Gasteiger partial charge in [0.15, 0.2) is 5.78 Å². The van der Waals surface area contributed by atoms with E-state index < -0.39 is 5.97 Å². The molecule has 0 atom stereocenters. The second kappa shape index (κ2) is 7.12. The van der Waals surface area contributed by atoms with Gasteiger partial charge in [0, 0.05) is 23.4 Å². The van der Waals surface area contributed by atoms with Crippen LogP contribution in [0.5, 0.6) is 0 Å². The molecule has 0 saturated carbocycles. The van der Waals surface area contributed by atoms with Gasteiger partial charge < -0.3 is 15.4 Å². The van der Waals surface area contributed by atoms with Crippen molar-refractivity contribution >= 4 is 23.3 Å². The summed E-state index contributed by atoms with van der Waals surface area (Å²) in [6.45, 7) is 4.97. The maximum atomic E-state index is 12.4. The Kier molecular flexibility index (Phi) is 5.18. The summed E-state index contributed by atoms with van der Waals surface area (Å²) in [5.41, 5.74) is 3.72. The van der Waals surface area contributed by atoms with Gasteiger partial charge in [0.25, 0.3) is 5.91 Å². The van der Waals surface area contributed by atoms with Crippen molar-refractivity contribution in [2.75, 3.05) is 5.32 Å². The number of anilines is 1. The molecule has 6 heteroatoms. The molecule has 2 aromatic rings. The Hall–Kier alpha value is -2.89. The zero-order valence-corrected chi connectivity index (χ0v) is 13.9. The molecule has 0 aliphatic rings. The molecule has 1 aromatic carbocycles. The molecule has 0 radical (unpaired) electrons. The van der Waals surface area contributed by atoms with Gasteiger partial charge in [-0.1, -0.05) is 12.1 Å². The molecule has 0 saturated heterocycles. The second-order valence-corrected chi connectivity index (χ2v) is 5.73. The van der Waals surface area contributed by atoms with Crippen molar-refractivity contribution < 1.29 is 19.5 Å². The highest BCUT2D eigenvalue weighted by molar-refractivity contribution is 6.07. The van der Waals surface area contributed by atoms with E-state index in [9.17, 15) is 14.4 Å². The summed E-state index contributed by atoms with van der Waals surface area (Å²) in [6.07, 6.45) is 0.515. The number of hydrogen-bond acceptors (Lipinski definition) is 3. The van der Waals surface area contributed by atoms with Crippen molar-refractivity contribution in [3.63, 3.8) is 0 Å². The fourth-order valence-corrected chi connectivity index (χ4v) is 2.70. The molecule has 0 spiro atoms. The molecule has 1 heterocycles. The highest BCUT2D eigenvalue weighted by Gasteiger charge is 2.19. The molecule has 24 heavy (non-hydrogen) atoms. The van der Waals surface area contributed by atoms with E-state index >= 15 is 0 Å². The van der Waals surface area contributed by atoms with E-state index in [1.807, 2.05) is 0 Å². The van der Waals surface area contributed by atoms with Gasteiger partial charge >= 0.3 is 5.97 Å². The lowest BCUT2D eigenvalue weighted by Gasteiger charge is -2.06. The van der Waals surface area contributed by atoms with Crippen LogP contribution in [0.1, 0.15) is 51.0 Å². The maximum absolute atomic E-state index is 12.4. The third kappa shape index (κ3) is 3.90. The smallest absolute Gasteiger partial charge is 0.303 e. The summed E-state index contributed by atoms with van der Waals surface area (Å²) in [7, 11) is 0. The van der Waals surface area contributed by atoms with Crippen LogP contribution in [0.3, 0.4) is 0 Å². The van der Waals surface area contributed by atoms with Gasteiger partial charge in [0.1, 0.15) is 5.69 Å². The number of ketones is 1. The van der Waals surface area contributed by atoms with E-state index in [2.05, 4.69) is 10.3 Å². The molecule has 0 aliphatic carbocycles. The Morgan fingerprint density at radius 1 is 1.12 bits per heavy atom.